The van der Waals surface area contributed by atoms with Crippen LogP contribution in [0.3, 0.4) is 0 Å². The third kappa shape index (κ3) is 6.42. The number of nitrogens with one attached hydrogen (secondary N) is 3. The maximum atomic E-state index is 13.9. The zero-order valence-corrected chi connectivity index (χ0v) is 23.6. The van der Waals surface area contributed by atoms with E-state index in [1.165, 1.54) is 0 Å². The van der Waals surface area contributed by atoms with Gasteiger partial charge in [0, 0.05) is 48.2 Å². The van der Waals surface area contributed by atoms with Crippen molar-refractivity contribution in [2.75, 3.05) is 12.3 Å². The standard InChI is InChI=1S/C31H36N6O4/c1-31(2,3)41-30(40)36-25(16-21-18-34-24-8-5-4-7-22(21)24)29(39)37-14-6-9-26(37)28(38)35-17-19-10-11-23-20(15-19)12-13-33-27(23)32/h4-5,7-8,10-13,15,18,25-26,34H,6,9,14,16-17H2,1-3H3,(H2,32,33)(H,35,38)(H,36,40). The zero-order chi connectivity index (χ0) is 29.1. The molecule has 2 unspecified atom stereocenters. The summed E-state index contributed by atoms with van der Waals surface area (Å²) in [5, 5.41) is 8.54. The summed E-state index contributed by atoms with van der Waals surface area (Å²) < 4.78 is 5.47. The highest BCUT2D eigenvalue weighted by molar-refractivity contribution is 5.93. The van der Waals surface area contributed by atoms with Crippen molar-refractivity contribution >= 4 is 45.4 Å². The maximum Gasteiger partial charge on any atom is 0.408 e. The highest BCUT2D eigenvalue weighted by atomic mass is 16.6. The summed E-state index contributed by atoms with van der Waals surface area (Å²) >= 11 is 0. The molecule has 1 aliphatic rings. The van der Waals surface area contributed by atoms with Crippen LogP contribution in [-0.2, 0) is 27.3 Å². The summed E-state index contributed by atoms with van der Waals surface area (Å²) in [7, 11) is 0. The Balaban J connectivity index is 1.31. The van der Waals surface area contributed by atoms with Crippen LogP contribution in [0.2, 0.25) is 0 Å². The van der Waals surface area contributed by atoms with Gasteiger partial charge < -0.3 is 31.0 Å². The number of nitrogens with two attached hydrogens (primary N) is 1. The first-order valence-corrected chi connectivity index (χ1v) is 13.8. The van der Waals surface area contributed by atoms with Gasteiger partial charge in [-0.15, -0.1) is 0 Å². The Labute approximate surface area is 238 Å². The number of hydrogen-bond acceptors (Lipinski definition) is 6. The minimum Gasteiger partial charge on any atom is -0.444 e. The van der Waals surface area contributed by atoms with Gasteiger partial charge in [0.2, 0.25) is 11.8 Å². The van der Waals surface area contributed by atoms with Crippen LogP contribution in [0, 0.1) is 0 Å². The average molecular weight is 557 g/mol. The van der Waals surface area contributed by atoms with Gasteiger partial charge in [0.25, 0.3) is 0 Å². The number of nitrogens with zero attached hydrogens (tertiary/aromatic N) is 2. The van der Waals surface area contributed by atoms with Gasteiger partial charge >= 0.3 is 6.09 Å². The van der Waals surface area contributed by atoms with E-state index in [1.807, 2.05) is 54.7 Å². The van der Waals surface area contributed by atoms with E-state index in [1.54, 1.807) is 31.9 Å². The number of aromatic amines is 1. The van der Waals surface area contributed by atoms with Crippen molar-refractivity contribution in [1.82, 2.24) is 25.5 Å². The molecule has 0 bridgehead atoms. The van der Waals surface area contributed by atoms with E-state index in [9.17, 15) is 14.4 Å². The number of alkyl carbamates (subject to hydrolysis) is 1. The minimum atomic E-state index is -0.906. The number of carbonyl (C=O) groups excluding carboxylic acids is 3. The first kappa shape index (κ1) is 27.9. The number of amides is 3. The van der Waals surface area contributed by atoms with Crippen molar-refractivity contribution in [3.8, 4) is 0 Å². The normalized spacial score (nSPS) is 16.1. The van der Waals surface area contributed by atoms with Gasteiger partial charge in [-0.25, -0.2) is 9.78 Å². The molecule has 5 rings (SSSR count). The Morgan fingerprint density at radius 3 is 2.76 bits per heavy atom. The molecule has 3 heterocycles. The van der Waals surface area contributed by atoms with E-state index in [0.717, 1.165) is 32.8 Å². The SMILES string of the molecule is CC(C)(C)OC(=O)NC(Cc1c[nH]c2ccccc12)C(=O)N1CCCC1C(=O)NCc1ccc2c(N)nccc2c1. The molecule has 0 saturated carbocycles. The lowest BCUT2D eigenvalue weighted by atomic mass is 10.0. The van der Waals surface area contributed by atoms with E-state index >= 15 is 0 Å². The number of likely N-dealkylation sites (tertiary alicyclic amines) is 1. The number of H-pyrrole nitrogens is 1. The van der Waals surface area contributed by atoms with Crippen LogP contribution < -0.4 is 16.4 Å². The molecule has 0 aliphatic carbocycles. The van der Waals surface area contributed by atoms with E-state index in [4.69, 9.17) is 10.5 Å². The van der Waals surface area contributed by atoms with Crippen LogP contribution in [0.1, 0.15) is 44.7 Å². The second kappa shape index (κ2) is 11.5. The molecule has 2 aromatic carbocycles. The molecule has 0 radical (unpaired) electrons. The highest BCUT2D eigenvalue weighted by Crippen LogP contribution is 2.24. The molecule has 41 heavy (non-hydrogen) atoms. The Bertz CT molecular complexity index is 1590. The fraction of sp³-hybridized carbons (Fsp3) is 0.355. The topological polar surface area (TPSA) is 142 Å². The summed E-state index contributed by atoms with van der Waals surface area (Å²) in [5.41, 5.74) is 7.98. The van der Waals surface area contributed by atoms with Gasteiger partial charge in [0.05, 0.1) is 0 Å². The van der Waals surface area contributed by atoms with Crippen LogP contribution in [0.4, 0.5) is 10.6 Å². The fourth-order valence-corrected chi connectivity index (χ4v) is 5.34. The maximum absolute atomic E-state index is 13.9. The molecule has 2 atom stereocenters. The summed E-state index contributed by atoms with van der Waals surface area (Å²) in [4.78, 5) is 48.9. The number of benzene rings is 2. The smallest absolute Gasteiger partial charge is 0.408 e. The number of carbonyl (C=O) groups is 3. The molecule has 5 N–H and O–H groups in total. The van der Waals surface area contributed by atoms with Crippen LogP contribution in [0.5, 0.6) is 0 Å². The van der Waals surface area contributed by atoms with Crippen LogP contribution in [-0.4, -0.2) is 57.0 Å². The Hall–Kier alpha value is -4.60. The summed E-state index contributed by atoms with van der Waals surface area (Å²) in [6.07, 6.45) is 4.32. The van der Waals surface area contributed by atoms with Crippen molar-refractivity contribution < 1.29 is 19.1 Å². The number of anilines is 1. The molecule has 214 valence electrons. The molecule has 1 saturated heterocycles. The number of pyridine rings is 1. The lowest BCUT2D eigenvalue weighted by molar-refractivity contribution is -0.140. The Morgan fingerprint density at radius 2 is 1.95 bits per heavy atom. The first-order valence-electron chi connectivity index (χ1n) is 13.8. The summed E-state index contributed by atoms with van der Waals surface area (Å²) in [5.74, 6) is -0.0823. The third-order valence-electron chi connectivity index (χ3n) is 7.25. The Kier molecular flexibility index (Phi) is 7.83. The third-order valence-corrected chi connectivity index (χ3v) is 7.25. The van der Waals surface area contributed by atoms with Crippen LogP contribution >= 0.6 is 0 Å². The summed E-state index contributed by atoms with van der Waals surface area (Å²) in [6.45, 7) is 6.05. The second-order valence-corrected chi connectivity index (χ2v) is 11.4. The van der Waals surface area contributed by atoms with E-state index in [-0.39, 0.29) is 18.2 Å². The number of aromatic nitrogens is 2. The number of fused-ring (bicyclic) bond motifs is 2. The molecule has 10 heteroatoms. The molecular weight excluding hydrogens is 520 g/mol. The molecule has 4 aromatic rings. The van der Waals surface area contributed by atoms with E-state index in [2.05, 4.69) is 20.6 Å². The van der Waals surface area contributed by atoms with E-state index < -0.39 is 23.8 Å². The van der Waals surface area contributed by atoms with Gasteiger partial charge in [-0.2, -0.15) is 0 Å². The number of ether oxygens (including phenoxy) is 1. The highest BCUT2D eigenvalue weighted by Gasteiger charge is 2.38. The molecule has 1 fully saturated rings. The molecule has 1 aliphatic heterocycles. The number of para-hydroxylation sites is 1. The lowest BCUT2D eigenvalue weighted by Crippen LogP contribution is -2.54. The van der Waals surface area contributed by atoms with Gasteiger partial charge in [-0.05, 0) is 68.3 Å². The quantitative estimate of drug-likeness (QED) is 0.271. The van der Waals surface area contributed by atoms with E-state index in [0.29, 0.717) is 31.7 Å². The largest absolute Gasteiger partial charge is 0.444 e. The lowest BCUT2D eigenvalue weighted by Gasteiger charge is -2.29. The van der Waals surface area contributed by atoms with Gasteiger partial charge in [0.1, 0.15) is 23.5 Å². The van der Waals surface area contributed by atoms with Gasteiger partial charge in [0.15, 0.2) is 0 Å². The van der Waals surface area contributed by atoms with Gasteiger partial charge in [-0.3, -0.25) is 9.59 Å². The monoisotopic (exact) mass is 556 g/mol. The number of hydrogen-bond donors (Lipinski definition) is 4. The number of rotatable bonds is 7. The molecule has 3 amide bonds. The fourth-order valence-electron chi connectivity index (χ4n) is 5.34. The minimum absolute atomic E-state index is 0.228. The van der Waals surface area contributed by atoms with Crippen LogP contribution in [0.25, 0.3) is 21.7 Å². The Morgan fingerprint density at radius 1 is 1.15 bits per heavy atom. The predicted molar refractivity (Wildman–Crippen MR) is 158 cm³/mol. The van der Waals surface area contributed by atoms with Crippen molar-refractivity contribution in [2.24, 2.45) is 0 Å². The molecule has 0 spiro atoms. The van der Waals surface area contributed by atoms with Crippen molar-refractivity contribution in [3.63, 3.8) is 0 Å². The molecular formula is C31H36N6O4. The van der Waals surface area contributed by atoms with Crippen LogP contribution in [0.15, 0.2) is 60.9 Å². The molecule has 10 nitrogen and oxygen atoms in total. The average Bonchev–Trinajstić information content (AvgIpc) is 3.58. The summed E-state index contributed by atoms with van der Waals surface area (Å²) in [6, 6.07) is 13.9. The van der Waals surface area contributed by atoms with Crippen molar-refractivity contribution in [2.45, 2.75) is 64.3 Å². The second-order valence-electron chi connectivity index (χ2n) is 11.4. The zero-order valence-electron chi connectivity index (χ0n) is 23.6. The van der Waals surface area contributed by atoms with Crippen molar-refractivity contribution in [3.05, 3.63) is 72.1 Å². The molecule has 2 aromatic heterocycles. The number of nitrogen functional groups attached to an aromatic ring is 1. The van der Waals surface area contributed by atoms with Crippen molar-refractivity contribution in [1.29, 1.82) is 0 Å². The van der Waals surface area contributed by atoms with Gasteiger partial charge in [-0.1, -0.05) is 30.3 Å². The predicted octanol–water partition coefficient (Wildman–Crippen LogP) is 4.04. The first-order chi connectivity index (χ1) is 19.6.